The maximum absolute atomic E-state index is 2.51. The summed E-state index contributed by atoms with van der Waals surface area (Å²) in [4.78, 5) is 0. The van der Waals surface area contributed by atoms with Crippen LogP contribution in [0.25, 0.3) is 39.3 Å². The smallest absolute Gasteiger partial charge is 0.230 e. The van der Waals surface area contributed by atoms with Crippen molar-refractivity contribution < 1.29 is 4.57 Å². The maximum atomic E-state index is 2.51. The van der Waals surface area contributed by atoms with Gasteiger partial charge in [0.05, 0.1) is 11.3 Å². The summed E-state index contributed by atoms with van der Waals surface area (Å²) >= 11 is 0. The minimum atomic E-state index is 0.930. The van der Waals surface area contributed by atoms with Gasteiger partial charge in [0.1, 0.15) is 5.69 Å². The molecule has 1 aliphatic heterocycles. The summed E-state index contributed by atoms with van der Waals surface area (Å²) in [7, 11) is 0. The van der Waals surface area contributed by atoms with E-state index in [4.69, 9.17) is 0 Å². The molecule has 0 aliphatic carbocycles. The van der Waals surface area contributed by atoms with Gasteiger partial charge in [0, 0.05) is 29.0 Å². The van der Waals surface area contributed by atoms with Gasteiger partial charge in [-0.05, 0) is 36.6 Å². The number of aromatic nitrogens is 2. The van der Waals surface area contributed by atoms with Crippen molar-refractivity contribution in [2.75, 3.05) is 0 Å². The second-order valence-corrected chi connectivity index (χ2v) is 8.52. The van der Waals surface area contributed by atoms with Gasteiger partial charge in [-0.2, -0.15) is 4.57 Å². The van der Waals surface area contributed by atoms with Crippen molar-refractivity contribution in [3.8, 4) is 39.3 Å². The van der Waals surface area contributed by atoms with Crippen LogP contribution in [0.5, 0.6) is 0 Å². The zero-order chi connectivity index (χ0) is 21.7. The standard InChI is InChI=1S/C30H25N2/c1-21-22(2)32(30-27(21)20-31-19-10-9-18-28(30)31)29-25(23-12-5-3-6-13-23)16-11-17-26(29)24-14-7-4-8-15-24/h3-19H,20H2,1-2H3/q+1. The first-order valence-corrected chi connectivity index (χ1v) is 11.2. The zero-order valence-corrected chi connectivity index (χ0v) is 18.4. The normalized spacial score (nSPS) is 11.9. The molecule has 32 heavy (non-hydrogen) atoms. The highest BCUT2D eigenvalue weighted by Crippen LogP contribution is 2.42. The van der Waals surface area contributed by atoms with Gasteiger partial charge >= 0.3 is 0 Å². The number of hydrogen-bond donors (Lipinski definition) is 0. The molecular formula is C30H25N2+. The van der Waals surface area contributed by atoms with E-state index in [0.29, 0.717) is 0 Å². The number of hydrogen-bond acceptors (Lipinski definition) is 0. The van der Waals surface area contributed by atoms with Gasteiger partial charge in [0.25, 0.3) is 0 Å². The van der Waals surface area contributed by atoms with Gasteiger partial charge in [-0.1, -0.05) is 78.9 Å². The van der Waals surface area contributed by atoms with E-state index in [9.17, 15) is 0 Å². The Morgan fingerprint density at radius 2 is 1.25 bits per heavy atom. The van der Waals surface area contributed by atoms with Crippen molar-refractivity contribution in [3.05, 3.63) is 120 Å². The molecule has 2 heteroatoms. The summed E-state index contributed by atoms with van der Waals surface area (Å²) in [6.45, 7) is 5.46. The molecule has 0 saturated heterocycles. The van der Waals surface area contributed by atoms with Crippen molar-refractivity contribution in [3.63, 3.8) is 0 Å². The van der Waals surface area contributed by atoms with Crippen LogP contribution in [-0.2, 0) is 6.54 Å². The molecule has 0 bridgehead atoms. The maximum Gasteiger partial charge on any atom is 0.230 e. The molecule has 0 unspecified atom stereocenters. The first-order chi connectivity index (χ1) is 15.7. The molecule has 6 rings (SSSR count). The van der Waals surface area contributed by atoms with Gasteiger partial charge < -0.3 is 4.57 Å². The molecule has 2 aromatic heterocycles. The van der Waals surface area contributed by atoms with Gasteiger partial charge in [-0.25, -0.2) is 0 Å². The average molecular weight is 414 g/mol. The Morgan fingerprint density at radius 3 is 1.88 bits per heavy atom. The number of para-hydroxylation sites is 1. The minimum absolute atomic E-state index is 0.930. The Labute approximate surface area is 189 Å². The van der Waals surface area contributed by atoms with E-state index >= 15 is 0 Å². The molecule has 0 spiro atoms. The Morgan fingerprint density at radius 1 is 0.656 bits per heavy atom. The Hall–Kier alpha value is -3.91. The number of benzene rings is 3. The topological polar surface area (TPSA) is 8.81 Å². The molecule has 0 N–H and O–H groups in total. The second kappa shape index (κ2) is 7.35. The van der Waals surface area contributed by atoms with Gasteiger partial charge in [0.15, 0.2) is 12.7 Å². The lowest BCUT2D eigenvalue weighted by molar-refractivity contribution is -0.672. The van der Waals surface area contributed by atoms with Crippen LogP contribution in [0, 0.1) is 13.8 Å². The van der Waals surface area contributed by atoms with Crippen LogP contribution in [0.15, 0.2) is 103 Å². The summed E-state index contributed by atoms with van der Waals surface area (Å²) in [5, 5.41) is 0. The summed E-state index contributed by atoms with van der Waals surface area (Å²) in [5.74, 6) is 0. The van der Waals surface area contributed by atoms with Crippen molar-refractivity contribution in [2.24, 2.45) is 0 Å². The van der Waals surface area contributed by atoms with Crippen molar-refractivity contribution in [2.45, 2.75) is 20.4 Å². The SMILES string of the molecule is Cc1c2c(n(-c3c(-c4ccccc4)cccc3-c3ccccc3)c1C)-c1cccc[n+]1C2. The molecule has 0 amide bonds. The lowest BCUT2D eigenvalue weighted by Gasteiger charge is -2.20. The number of pyridine rings is 1. The van der Waals surface area contributed by atoms with Crippen LogP contribution in [0.4, 0.5) is 0 Å². The quantitative estimate of drug-likeness (QED) is 0.284. The van der Waals surface area contributed by atoms with E-state index in [1.807, 2.05) is 0 Å². The van der Waals surface area contributed by atoms with E-state index in [1.54, 1.807) is 0 Å². The predicted molar refractivity (Wildman–Crippen MR) is 131 cm³/mol. The fourth-order valence-electron chi connectivity index (χ4n) is 5.09. The van der Waals surface area contributed by atoms with Crippen LogP contribution >= 0.6 is 0 Å². The molecule has 0 saturated carbocycles. The first kappa shape index (κ1) is 18.8. The lowest BCUT2D eigenvalue weighted by Crippen LogP contribution is -2.32. The highest BCUT2D eigenvalue weighted by Gasteiger charge is 2.34. The number of fused-ring (bicyclic) bond motifs is 3. The van der Waals surface area contributed by atoms with Gasteiger partial charge in [-0.15, -0.1) is 0 Å². The number of nitrogens with zero attached hydrogens (tertiary/aromatic N) is 2. The summed E-state index contributed by atoms with van der Waals surface area (Å²) in [6, 6.07) is 34.7. The second-order valence-electron chi connectivity index (χ2n) is 8.52. The van der Waals surface area contributed by atoms with E-state index in [0.717, 1.165) is 6.54 Å². The third-order valence-corrected chi connectivity index (χ3v) is 6.78. The monoisotopic (exact) mass is 413 g/mol. The molecule has 1 aliphatic rings. The first-order valence-electron chi connectivity index (χ1n) is 11.2. The van der Waals surface area contributed by atoms with Crippen molar-refractivity contribution >= 4 is 0 Å². The zero-order valence-electron chi connectivity index (χ0n) is 18.4. The minimum Gasteiger partial charge on any atom is -0.307 e. The van der Waals surface area contributed by atoms with Crippen molar-refractivity contribution in [1.82, 2.24) is 4.57 Å². The molecule has 3 heterocycles. The van der Waals surface area contributed by atoms with E-state index in [1.165, 1.54) is 56.1 Å². The molecule has 0 atom stereocenters. The van der Waals surface area contributed by atoms with Crippen LogP contribution in [0.3, 0.4) is 0 Å². The fraction of sp³-hybridized carbons (Fsp3) is 0.100. The molecule has 5 aromatic rings. The molecule has 2 nitrogen and oxygen atoms in total. The molecule has 154 valence electrons. The summed E-state index contributed by atoms with van der Waals surface area (Å²) in [6.07, 6.45) is 2.19. The highest BCUT2D eigenvalue weighted by atomic mass is 15.1. The third kappa shape index (κ3) is 2.76. The van der Waals surface area contributed by atoms with Crippen LogP contribution in [0.1, 0.15) is 16.8 Å². The van der Waals surface area contributed by atoms with Crippen LogP contribution < -0.4 is 4.57 Å². The largest absolute Gasteiger partial charge is 0.307 e. The Kier molecular flexibility index (Phi) is 4.32. The lowest BCUT2D eigenvalue weighted by atomic mass is 9.95. The van der Waals surface area contributed by atoms with E-state index in [-0.39, 0.29) is 0 Å². The van der Waals surface area contributed by atoms with Crippen molar-refractivity contribution in [1.29, 1.82) is 0 Å². The predicted octanol–water partition coefficient (Wildman–Crippen LogP) is 6.74. The fourth-order valence-corrected chi connectivity index (χ4v) is 5.09. The number of rotatable bonds is 3. The van der Waals surface area contributed by atoms with Crippen LogP contribution in [0.2, 0.25) is 0 Å². The molecule has 0 fully saturated rings. The van der Waals surface area contributed by atoms with E-state index < -0.39 is 0 Å². The third-order valence-electron chi connectivity index (χ3n) is 6.78. The average Bonchev–Trinajstić information content (AvgIpc) is 3.34. The van der Waals surface area contributed by atoms with Gasteiger partial charge in [0.2, 0.25) is 5.69 Å². The molecule has 0 radical (unpaired) electrons. The van der Waals surface area contributed by atoms with Gasteiger partial charge in [-0.3, -0.25) is 0 Å². The Bertz CT molecular complexity index is 1390. The van der Waals surface area contributed by atoms with E-state index in [2.05, 4.69) is 126 Å². The highest BCUT2D eigenvalue weighted by molar-refractivity contribution is 5.87. The molecular weight excluding hydrogens is 388 g/mol. The van der Waals surface area contributed by atoms with Crippen LogP contribution in [-0.4, -0.2) is 4.57 Å². The Balaban J connectivity index is 1.74. The summed E-state index contributed by atoms with van der Waals surface area (Å²) < 4.78 is 4.87. The summed E-state index contributed by atoms with van der Waals surface area (Å²) in [5.41, 5.74) is 12.9. The molecule has 3 aromatic carbocycles.